The van der Waals surface area contributed by atoms with Crippen LogP contribution in [0, 0.1) is 6.92 Å². The number of benzene rings is 2. The van der Waals surface area contributed by atoms with E-state index in [-0.39, 0.29) is 17.9 Å². The first-order chi connectivity index (χ1) is 15.5. The first kappa shape index (κ1) is 24.3. The van der Waals surface area contributed by atoms with E-state index < -0.39 is 6.04 Å². The maximum absolute atomic E-state index is 13.4. The van der Waals surface area contributed by atoms with Crippen LogP contribution in [0.5, 0.6) is 0 Å². The quantitative estimate of drug-likeness (QED) is 0.517. The monoisotopic (exact) mass is 454 g/mol. The Balaban J connectivity index is 1.75. The Morgan fingerprint density at radius 3 is 2.41 bits per heavy atom. The minimum atomic E-state index is -0.501. The molecule has 0 aliphatic heterocycles. The van der Waals surface area contributed by atoms with E-state index in [1.54, 1.807) is 4.90 Å². The number of halogens is 1. The van der Waals surface area contributed by atoms with Gasteiger partial charge in [0.15, 0.2) is 0 Å². The van der Waals surface area contributed by atoms with Crippen molar-refractivity contribution in [2.75, 3.05) is 0 Å². The predicted octanol–water partition coefficient (Wildman–Crippen LogP) is 5.84. The van der Waals surface area contributed by atoms with Gasteiger partial charge in [0.2, 0.25) is 11.8 Å². The molecule has 5 heteroatoms. The summed E-state index contributed by atoms with van der Waals surface area (Å²) < 4.78 is 0. The molecule has 0 radical (unpaired) electrons. The first-order valence-corrected chi connectivity index (χ1v) is 12.2. The Hall–Kier alpha value is -2.33. The van der Waals surface area contributed by atoms with E-state index in [4.69, 9.17) is 11.6 Å². The molecule has 1 N–H and O–H groups in total. The summed E-state index contributed by atoms with van der Waals surface area (Å²) in [7, 11) is 0. The second kappa shape index (κ2) is 12.1. The molecule has 1 aliphatic rings. The van der Waals surface area contributed by atoms with Crippen LogP contribution in [0.25, 0.3) is 0 Å². The summed E-state index contributed by atoms with van der Waals surface area (Å²) in [4.78, 5) is 28.4. The van der Waals surface area contributed by atoms with E-state index in [1.807, 2.05) is 31.2 Å². The molecule has 4 nitrogen and oxygen atoms in total. The van der Waals surface area contributed by atoms with Gasteiger partial charge in [-0.15, -0.1) is 0 Å². The van der Waals surface area contributed by atoms with Gasteiger partial charge in [-0.25, -0.2) is 0 Å². The van der Waals surface area contributed by atoms with Crippen molar-refractivity contribution in [3.05, 3.63) is 70.2 Å². The van der Waals surface area contributed by atoms with E-state index in [9.17, 15) is 9.59 Å². The molecule has 1 fully saturated rings. The zero-order valence-electron chi connectivity index (χ0n) is 19.3. The van der Waals surface area contributed by atoms with Crippen molar-refractivity contribution in [1.82, 2.24) is 10.2 Å². The van der Waals surface area contributed by atoms with Gasteiger partial charge in [0.1, 0.15) is 6.04 Å². The molecule has 32 heavy (non-hydrogen) atoms. The number of nitrogens with zero attached hydrogens (tertiary/aromatic N) is 1. The molecule has 0 unspecified atom stereocenters. The number of hydrogen-bond acceptors (Lipinski definition) is 2. The van der Waals surface area contributed by atoms with Crippen LogP contribution in [0.4, 0.5) is 0 Å². The summed E-state index contributed by atoms with van der Waals surface area (Å²) in [5.41, 5.74) is 3.19. The molecular weight excluding hydrogens is 420 g/mol. The molecule has 1 aliphatic carbocycles. The van der Waals surface area contributed by atoms with E-state index >= 15 is 0 Å². The first-order valence-electron chi connectivity index (χ1n) is 11.9. The molecule has 2 aromatic carbocycles. The minimum Gasteiger partial charge on any atom is -0.352 e. The van der Waals surface area contributed by atoms with Crippen LogP contribution in [-0.2, 0) is 22.6 Å². The third kappa shape index (κ3) is 6.83. The lowest BCUT2D eigenvalue weighted by molar-refractivity contribution is -0.141. The molecule has 172 valence electrons. The van der Waals surface area contributed by atoms with Gasteiger partial charge in [0.25, 0.3) is 0 Å². The summed E-state index contributed by atoms with van der Waals surface area (Å²) in [6, 6.07) is 15.5. The smallest absolute Gasteiger partial charge is 0.243 e. The van der Waals surface area contributed by atoms with Crippen molar-refractivity contribution in [3.8, 4) is 0 Å². The summed E-state index contributed by atoms with van der Waals surface area (Å²) in [5, 5.41) is 3.84. The molecule has 0 heterocycles. The highest BCUT2D eigenvalue weighted by Gasteiger charge is 2.30. The standard InChI is InChI=1S/C27H35ClN2O2/c1-3-25(27(32)29-23-10-5-4-6-11-23)30(19-22-9-7-8-12-24(22)28)26(31)18-17-21-15-13-20(2)14-16-21/h7-9,12-16,23,25H,3-6,10-11,17-19H2,1-2H3,(H,29,32)/t25-/m1/s1. The summed E-state index contributed by atoms with van der Waals surface area (Å²) in [5.74, 6) is -0.0636. The van der Waals surface area contributed by atoms with Gasteiger partial charge in [-0.2, -0.15) is 0 Å². The average Bonchev–Trinajstić information content (AvgIpc) is 2.80. The molecular formula is C27H35ClN2O2. The maximum Gasteiger partial charge on any atom is 0.243 e. The summed E-state index contributed by atoms with van der Waals surface area (Å²) in [6.45, 7) is 4.36. The SMILES string of the molecule is CC[C@H](C(=O)NC1CCCCC1)N(Cc1ccccc1Cl)C(=O)CCc1ccc(C)cc1. The highest BCUT2D eigenvalue weighted by atomic mass is 35.5. The molecule has 0 spiro atoms. The zero-order valence-corrected chi connectivity index (χ0v) is 20.0. The van der Waals surface area contributed by atoms with Crippen LogP contribution < -0.4 is 5.32 Å². The highest BCUT2D eigenvalue weighted by Crippen LogP contribution is 2.22. The molecule has 3 rings (SSSR count). The maximum atomic E-state index is 13.4. The predicted molar refractivity (Wildman–Crippen MR) is 131 cm³/mol. The van der Waals surface area contributed by atoms with Crippen LogP contribution in [0.15, 0.2) is 48.5 Å². The fraction of sp³-hybridized carbons (Fsp3) is 0.481. The number of rotatable bonds is 9. The number of nitrogens with one attached hydrogen (secondary N) is 1. The lowest BCUT2D eigenvalue weighted by Crippen LogP contribution is -2.51. The van der Waals surface area contributed by atoms with Gasteiger partial charge in [0, 0.05) is 24.0 Å². The van der Waals surface area contributed by atoms with Crippen molar-refractivity contribution < 1.29 is 9.59 Å². The van der Waals surface area contributed by atoms with Crippen molar-refractivity contribution >= 4 is 23.4 Å². The van der Waals surface area contributed by atoms with E-state index in [2.05, 4.69) is 36.5 Å². The molecule has 2 amide bonds. The second-order valence-electron chi connectivity index (χ2n) is 8.87. The molecule has 1 saturated carbocycles. The van der Waals surface area contributed by atoms with Crippen molar-refractivity contribution in [3.63, 3.8) is 0 Å². The zero-order chi connectivity index (χ0) is 22.9. The largest absolute Gasteiger partial charge is 0.352 e. The Morgan fingerprint density at radius 1 is 1.06 bits per heavy atom. The number of hydrogen-bond donors (Lipinski definition) is 1. The van der Waals surface area contributed by atoms with Crippen LogP contribution in [0.1, 0.15) is 68.6 Å². The Morgan fingerprint density at radius 2 is 1.75 bits per heavy atom. The Labute approximate surface area is 197 Å². The molecule has 2 aromatic rings. The van der Waals surface area contributed by atoms with Crippen LogP contribution in [0.2, 0.25) is 5.02 Å². The number of aryl methyl sites for hydroxylation is 2. The average molecular weight is 455 g/mol. The fourth-order valence-electron chi connectivity index (χ4n) is 4.42. The lowest BCUT2D eigenvalue weighted by atomic mass is 9.95. The van der Waals surface area contributed by atoms with E-state index in [1.165, 1.54) is 12.0 Å². The highest BCUT2D eigenvalue weighted by molar-refractivity contribution is 6.31. The fourth-order valence-corrected chi connectivity index (χ4v) is 4.62. The van der Waals surface area contributed by atoms with Crippen LogP contribution in [-0.4, -0.2) is 28.8 Å². The van der Waals surface area contributed by atoms with Crippen LogP contribution in [0.3, 0.4) is 0 Å². The van der Waals surface area contributed by atoms with Crippen LogP contribution >= 0.6 is 11.6 Å². The Bertz CT molecular complexity index is 891. The normalized spacial score (nSPS) is 15.2. The number of carbonyl (C=O) groups excluding carboxylic acids is 2. The number of carbonyl (C=O) groups is 2. The van der Waals surface area contributed by atoms with Gasteiger partial charge in [-0.05, 0) is 49.8 Å². The van der Waals surface area contributed by atoms with E-state index in [0.29, 0.717) is 30.8 Å². The summed E-state index contributed by atoms with van der Waals surface area (Å²) in [6.07, 6.45) is 7.17. The van der Waals surface area contributed by atoms with Crippen molar-refractivity contribution in [1.29, 1.82) is 0 Å². The molecule has 0 bridgehead atoms. The van der Waals surface area contributed by atoms with Gasteiger partial charge >= 0.3 is 0 Å². The van der Waals surface area contributed by atoms with Gasteiger partial charge in [-0.1, -0.05) is 85.8 Å². The van der Waals surface area contributed by atoms with Gasteiger partial charge < -0.3 is 10.2 Å². The van der Waals surface area contributed by atoms with Gasteiger partial charge in [0.05, 0.1) is 0 Å². The molecule has 1 atom stereocenters. The Kier molecular flexibility index (Phi) is 9.16. The second-order valence-corrected chi connectivity index (χ2v) is 9.27. The third-order valence-corrected chi connectivity index (χ3v) is 6.75. The number of amides is 2. The molecule has 0 saturated heterocycles. The lowest BCUT2D eigenvalue weighted by Gasteiger charge is -2.33. The topological polar surface area (TPSA) is 49.4 Å². The third-order valence-electron chi connectivity index (χ3n) is 6.38. The molecule has 0 aromatic heterocycles. The summed E-state index contributed by atoms with van der Waals surface area (Å²) >= 11 is 6.41. The van der Waals surface area contributed by atoms with Crippen molar-refractivity contribution in [2.45, 2.75) is 83.8 Å². The van der Waals surface area contributed by atoms with Gasteiger partial charge in [-0.3, -0.25) is 9.59 Å². The van der Waals surface area contributed by atoms with E-state index in [0.717, 1.165) is 36.8 Å². The minimum absolute atomic E-state index is 0.0175. The van der Waals surface area contributed by atoms with Crippen molar-refractivity contribution in [2.24, 2.45) is 0 Å².